The summed E-state index contributed by atoms with van der Waals surface area (Å²) in [6, 6.07) is 0.350. The summed E-state index contributed by atoms with van der Waals surface area (Å²) >= 11 is 3.44. The maximum absolute atomic E-state index is 12.8. The molecule has 0 radical (unpaired) electrons. The Labute approximate surface area is 186 Å². The fourth-order valence-electron chi connectivity index (χ4n) is 5.75. The zero-order valence-corrected chi connectivity index (χ0v) is 19.8. The van der Waals surface area contributed by atoms with Crippen LogP contribution < -0.4 is 21.5 Å². The first-order valence-electron chi connectivity index (χ1n) is 11.3. The molecule has 1 aromatic rings. The molecule has 3 N–H and O–H groups in total. The minimum absolute atomic E-state index is 0.0547. The molecule has 4 atom stereocenters. The van der Waals surface area contributed by atoms with Gasteiger partial charge in [0.1, 0.15) is 11.0 Å². The summed E-state index contributed by atoms with van der Waals surface area (Å²) in [5.41, 5.74) is 0.881. The summed E-state index contributed by atoms with van der Waals surface area (Å²) in [6.07, 6.45) is 6.26. The average Bonchev–Trinajstić information content (AvgIpc) is 2.73. The number of halogens is 1. The number of nitrogens with zero attached hydrogens (tertiary/aromatic N) is 2. The molecule has 3 saturated carbocycles. The maximum atomic E-state index is 12.8. The van der Waals surface area contributed by atoms with Gasteiger partial charge in [0, 0.05) is 12.6 Å². The first kappa shape index (κ1) is 21.8. The van der Waals surface area contributed by atoms with E-state index in [1.54, 1.807) is 6.20 Å². The molecule has 1 saturated heterocycles. The highest BCUT2D eigenvalue weighted by Crippen LogP contribution is 2.61. The number of hydrogen-bond donors (Lipinski definition) is 3. The normalized spacial score (nSPS) is 30.4. The van der Waals surface area contributed by atoms with Crippen LogP contribution in [-0.2, 0) is 11.3 Å². The number of aromatic nitrogens is 2. The predicted molar refractivity (Wildman–Crippen MR) is 121 cm³/mol. The van der Waals surface area contributed by atoms with Gasteiger partial charge in [-0.3, -0.25) is 9.59 Å². The number of fused-ring (bicyclic) bond motifs is 2. The lowest BCUT2D eigenvalue weighted by Gasteiger charge is -2.62. The smallest absolute Gasteiger partial charge is 0.283 e. The van der Waals surface area contributed by atoms with Gasteiger partial charge in [-0.25, -0.2) is 4.68 Å². The maximum Gasteiger partial charge on any atom is 0.283 e. The standard InChI is InChI=1S/C22H34BrN5O2/c1-13-16-8-15(22(16,2)3)9-17(13)27-18-11-26-28(21(30)20(18)23)12-19(29)25-10-14-4-6-24-7-5-14/h11,13-17,24,27H,4-10,12H2,1-3H3,(H,25,29)/t13-,15+,16-,17-/m1/s1. The molecule has 1 aromatic heterocycles. The van der Waals surface area contributed by atoms with E-state index < -0.39 is 0 Å². The molecule has 0 unspecified atom stereocenters. The Balaban J connectivity index is 1.35. The zero-order valence-electron chi connectivity index (χ0n) is 18.2. The van der Waals surface area contributed by atoms with Crippen LogP contribution >= 0.6 is 15.9 Å². The van der Waals surface area contributed by atoms with Crippen molar-refractivity contribution in [3.63, 3.8) is 0 Å². The van der Waals surface area contributed by atoms with E-state index in [2.05, 4.69) is 57.8 Å². The molecule has 2 bridgehead atoms. The number of nitrogens with one attached hydrogen (secondary N) is 3. The van der Waals surface area contributed by atoms with Crippen LogP contribution in [0.4, 0.5) is 5.69 Å². The molecule has 1 amide bonds. The fraction of sp³-hybridized carbons (Fsp3) is 0.773. The summed E-state index contributed by atoms with van der Waals surface area (Å²) in [6.45, 7) is 9.69. The second-order valence-electron chi connectivity index (χ2n) is 10.0. The van der Waals surface area contributed by atoms with E-state index in [1.807, 2.05) is 0 Å². The van der Waals surface area contributed by atoms with E-state index in [4.69, 9.17) is 0 Å². The van der Waals surface area contributed by atoms with Crippen molar-refractivity contribution in [2.24, 2.45) is 29.1 Å². The first-order chi connectivity index (χ1) is 14.3. The SMILES string of the molecule is C[C@@H]1[C@H]2C[C@@H](C[C@H]1Nc1cnn(CC(=O)NCC3CCNCC3)c(=O)c1Br)C2(C)C. The van der Waals surface area contributed by atoms with Crippen LogP contribution in [-0.4, -0.2) is 41.4 Å². The Hall–Kier alpha value is -1.41. The topological polar surface area (TPSA) is 88.1 Å². The van der Waals surface area contributed by atoms with E-state index in [1.165, 1.54) is 11.1 Å². The van der Waals surface area contributed by atoms with Crippen molar-refractivity contribution >= 4 is 27.5 Å². The highest BCUT2D eigenvalue weighted by molar-refractivity contribution is 9.10. The van der Waals surface area contributed by atoms with Crippen molar-refractivity contribution in [3.8, 4) is 0 Å². The van der Waals surface area contributed by atoms with E-state index in [-0.39, 0.29) is 18.0 Å². The van der Waals surface area contributed by atoms with Gasteiger partial charge in [-0.15, -0.1) is 0 Å². The Bertz CT molecular complexity index is 848. The quantitative estimate of drug-likeness (QED) is 0.583. The van der Waals surface area contributed by atoms with Gasteiger partial charge < -0.3 is 16.0 Å². The molecule has 4 fully saturated rings. The Kier molecular flexibility index (Phi) is 6.26. The van der Waals surface area contributed by atoms with Gasteiger partial charge in [0.15, 0.2) is 0 Å². The van der Waals surface area contributed by atoms with Gasteiger partial charge in [-0.1, -0.05) is 20.8 Å². The summed E-state index contributed by atoms with van der Waals surface area (Å²) in [4.78, 5) is 25.1. The molecule has 1 aliphatic heterocycles. The number of rotatable bonds is 6. The van der Waals surface area contributed by atoms with Crippen LogP contribution in [0.1, 0.15) is 46.5 Å². The Morgan fingerprint density at radius 1 is 1.33 bits per heavy atom. The largest absolute Gasteiger partial charge is 0.380 e. The molecule has 166 valence electrons. The molecule has 0 spiro atoms. The summed E-state index contributed by atoms with van der Waals surface area (Å²) in [5, 5.41) is 14.1. The molecule has 3 aliphatic carbocycles. The van der Waals surface area contributed by atoms with Crippen LogP contribution in [0.2, 0.25) is 0 Å². The first-order valence-corrected chi connectivity index (χ1v) is 12.1. The van der Waals surface area contributed by atoms with Gasteiger partial charge >= 0.3 is 0 Å². The van der Waals surface area contributed by atoms with Gasteiger partial charge in [0.25, 0.3) is 5.56 Å². The van der Waals surface area contributed by atoms with Crippen molar-refractivity contribution in [2.75, 3.05) is 25.0 Å². The fourth-order valence-corrected chi connectivity index (χ4v) is 6.18. The third-order valence-corrected chi connectivity index (χ3v) is 8.79. The molecular formula is C22H34BrN5O2. The Morgan fingerprint density at radius 2 is 2.07 bits per heavy atom. The van der Waals surface area contributed by atoms with Gasteiger partial charge in [-0.05, 0) is 83.8 Å². The minimum Gasteiger partial charge on any atom is -0.380 e. The van der Waals surface area contributed by atoms with Crippen LogP contribution in [0.3, 0.4) is 0 Å². The highest BCUT2D eigenvalue weighted by atomic mass is 79.9. The van der Waals surface area contributed by atoms with E-state index in [0.29, 0.717) is 34.3 Å². The lowest BCUT2D eigenvalue weighted by atomic mass is 9.45. The van der Waals surface area contributed by atoms with Crippen molar-refractivity contribution in [1.82, 2.24) is 20.4 Å². The van der Waals surface area contributed by atoms with Crippen molar-refractivity contribution in [1.29, 1.82) is 0 Å². The number of carbonyl (C=O) groups is 1. The van der Waals surface area contributed by atoms with Crippen LogP contribution in [0.5, 0.6) is 0 Å². The van der Waals surface area contributed by atoms with Crippen LogP contribution in [0.25, 0.3) is 0 Å². The molecule has 0 aromatic carbocycles. The summed E-state index contributed by atoms with van der Waals surface area (Å²) in [5.74, 6) is 2.36. The zero-order chi connectivity index (χ0) is 21.5. The van der Waals surface area contributed by atoms with Gasteiger partial charge in [-0.2, -0.15) is 5.10 Å². The average molecular weight is 480 g/mol. The van der Waals surface area contributed by atoms with Crippen molar-refractivity contribution in [3.05, 3.63) is 21.0 Å². The molecule has 4 aliphatic rings. The number of hydrogen-bond acceptors (Lipinski definition) is 5. The van der Waals surface area contributed by atoms with Gasteiger partial charge in [0.2, 0.25) is 5.91 Å². The molecular weight excluding hydrogens is 446 g/mol. The van der Waals surface area contributed by atoms with Gasteiger partial charge in [0.05, 0.1) is 11.9 Å². The Morgan fingerprint density at radius 3 is 2.73 bits per heavy atom. The number of anilines is 1. The molecule has 8 heteroatoms. The van der Waals surface area contributed by atoms with E-state index in [0.717, 1.165) is 49.9 Å². The third-order valence-electron chi connectivity index (χ3n) is 8.02. The lowest BCUT2D eigenvalue weighted by molar-refractivity contribution is -0.122. The second kappa shape index (κ2) is 8.61. The monoisotopic (exact) mass is 479 g/mol. The molecule has 2 heterocycles. The van der Waals surface area contributed by atoms with E-state index in [9.17, 15) is 9.59 Å². The minimum atomic E-state index is -0.272. The van der Waals surface area contributed by atoms with Crippen LogP contribution in [0.15, 0.2) is 15.5 Å². The number of amides is 1. The predicted octanol–water partition coefficient (Wildman–Crippen LogP) is 2.60. The molecule has 5 rings (SSSR count). The molecule has 7 nitrogen and oxygen atoms in total. The lowest BCUT2D eigenvalue weighted by Crippen LogP contribution is -2.58. The third kappa shape index (κ3) is 4.17. The van der Waals surface area contributed by atoms with E-state index >= 15 is 0 Å². The van der Waals surface area contributed by atoms with Crippen molar-refractivity contribution < 1.29 is 4.79 Å². The number of carbonyl (C=O) groups excluding carboxylic acids is 1. The highest BCUT2D eigenvalue weighted by Gasteiger charge is 2.56. The summed E-state index contributed by atoms with van der Waals surface area (Å²) < 4.78 is 1.69. The summed E-state index contributed by atoms with van der Waals surface area (Å²) in [7, 11) is 0. The number of piperidine rings is 1. The molecule has 30 heavy (non-hydrogen) atoms. The van der Waals surface area contributed by atoms with Crippen molar-refractivity contribution in [2.45, 2.75) is 59.0 Å². The second-order valence-corrected chi connectivity index (χ2v) is 10.8. The van der Waals surface area contributed by atoms with Crippen LogP contribution in [0, 0.1) is 29.1 Å².